The minimum atomic E-state index is -0.922. The van der Waals surface area contributed by atoms with Crippen LogP contribution in [-0.2, 0) is 9.59 Å². The van der Waals surface area contributed by atoms with Gasteiger partial charge in [0.25, 0.3) is 0 Å². The fraction of sp³-hybridized carbons (Fsp3) is 0.615. The van der Waals surface area contributed by atoms with Crippen LogP contribution in [0.3, 0.4) is 0 Å². The fourth-order valence-electron chi connectivity index (χ4n) is 4.96. The van der Waals surface area contributed by atoms with Gasteiger partial charge in [-0.05, 0) is 61.0 Å². The van der Waals surface area contributed by atoms with Crippen molar-refractivity contribution in [3.63, 3.8) is 0 Å². The topological polar surface area (TPSA) is 66.4 Å². The van der Waals surface area contributed by atoms with Crippen LogP contribution >= 0.6 is 0 Å². The minimum absolute atomic E-state index is 0.0563. The Kier molecular flexibility index (Phi) is 10.1. The molecule has 2 N–H and O–H groups in total. The van der Waals surface area contributed by atoms with Gasteiger partial charge >= 0.3 is 5.97 Å². The van der Waals surface area contributed by atoms with Gasteiger partial charge in [0.1, 0.15) is 0 Å². The van der Waals surface area contributed by atoms with Gasteiger partial charge in [0.05, 0.1) is 6.42 Å². The highest BCUT2D eigenvalue weighted by molar-refractivity contribution is 5.80. The van der Waals surface area contributed by atoms with Gasteiger partial charge in [-0.15, -0.1) is 6.58 Å². The predicted octanol–water partition coefficient (Wildman–Crippen LogP) is 6.18. The lowest BCUT2D eigenvalue weighted by Gasteiger charge is -2.33. The van der Waals surface area contributed by atoms with Crippen molar-refractivity contribution in [3.8, 4) is 0 Å². The number of carbonyl (C=O) groups excluding carboxylic acids is 1. The zero-order valence-electron chi connectivity index (χ0n) is 18.7. The standard InChI is InChI=1S/C26H39NO3/c1-4-11-20(5-2)23-15-10-9-14-22(23)19(3)18-24(21-12-7-6-8-13-21)27-25(28)16-17-26(29)30/h4,9-10,14-15,19-21,24H,1,5-8,11-13,16-18H2,2-3H3,(H,27,28)(H,29,30). The Balaban J connectivity index is 2.17. The summed E-state index contributed by atoms with van der Waals surface area (Å²) < 4.78 is 0. The Morgan fingerprint density at radius 2 is 1.83 bits per heavy atom. The molecule has 1 aromatic carbocycles. The number of aliphatic carboxylic acids is 1. The first-order chi connectivity index (χ1) is 14.5. The van der Waals surface area contributed by atoms with Crippen molar-refractivity contribution in [2.24, 2.45) is 5.92 Å². The molecule has 1 amide bonds. The van der Waals surface area contributed by atoms with E-state index in [-0.39, 0.29) is 24.8 Å². The molecular weight excluding hydrogens is 374 g/mol. The van der Waals surface area contributed by atoms with Crippen LogP contribution in [0.2, 0.25) is 0 Å². The smallest absolute Gasteiger partial charge is 0.303 e. The molecule has 0 saturated heterocycles. The van der Waals surface area contributed by atoms with Crippen molar-refractivity contribution in [1.29, 1.82) is 0 Å². The zero-order chi connectivity index (χ0) is 21.9. The van der Waals surface area contributed by atoms with Crippen LogP contribution < -0.4 is 5.32 Å². The quantitative estimate of drug-likeness (QED) is 0.402. The third kappa shape index (κ3) is 7.30. The number of carboxylic acid groups (broad SMARTS) is 1. The Hall–Kier alpha value is -2.10. The van der Waals surface area contributed by atoms with E-state index in [9.17, 15) is 9.59 Å². The molecule has 1 aliphatic rings. The Morgan fingerprint density at radius 1 is 1.17 bits per heavy atom. The lowest BCUT2D eigenvalue weighted by atomic mass is 9.77. The normalized spacial score (nSPS) is 17.7. The Morgan fingerprint density at radius 3 is 2.43 bits per heavy atom. The summed E-state index contributed by atoms with van der Waals surface area (Å²) in [6.45, 7) is 8.42. The third-order valence-corrected chi connectivity index (χ3v) is 6.65. The Bertz CT molecular complexity index is 693. The number of benzene rings is 1. The van der Waals surface area contributed by atoms with Gasteiger partial charge in [-0.3, -0.25) is 9.59 Å². The fourth-order valence-corrected chi connectivity index (χ4v) is 4.96. The summed E-state index contributed by atoms with van der Waals surface area (Å²) in [5.74, 6) is 0.226. The molecule has 0 heterocycles. The van der Waals surface area contributed by atoms with Crippen molar-refractivity contribution >= 4 is 11.9 Å². The highest BCUT2D eigenvalue weighted by atomic mass is 16.4. The van der Waals surface area contributed by atoms with Crippen LogP contribution in [0.5, 0.6) is 0 Å². The first-order valence-electron chi connectivity index (χ1n) is 11.7. The molecule has 4 nitrogen and oxygen atoms in total. The molecule has 2 rings (SSSR count). The lowest BCUT2D eigenvalue weighted by molar-refractivity contribution is -0.139. The summed E-state index contributed by atoms with van der Waals surface area (Å²) in [5.41, 5.74) is 2.76. The number of nitrogens with one attached hydrogen (secondary N) is 1. The van der Waals surface area contributed by atoms with Crippen LogP contribution in [0.15, 0.2) is 36.9 Å². The second kappa shape index (κ2) is 12.6. The molecule has 166 valence electrons. The average molecular weight is 414 g/mol. The van der Waals surface area contributed by atoms with E-state index in [4.69, 9.17) is 5.11 Å². The third-order valence-electron chi connectivity index (χ3n) is 6.65. The van der Waals surface area contributed by atoms with Crippen LogP contribution in [-0.4, -0.2) is 23.0 Å². The SMILES string of the molecule is C=CCC(CC)c1ccccc1C(C)CC(NC(=O)CCC(=O)O)C1CCCCC1. The maximum Gasteiger partial charge on any atom is 0.303 e. The first-order valence-corrected chi connectivity index (χ1v) is 11.7. The van der Waals surface area contributed by atoms with Gasteiger partial charge in [-0.25, -0.2) is 0 Å². The van der Waals surface area contributed by atoms with E-state index in [1.165, 1.54) is 30.4 Å². The number of allylic oxidation sites excluding steroid dienone is 1. The van der Waals surface area contributed by atoms with Crippen molar-refractivity contribution < 1.29 is 14.7 Å². The molecule has 1 saturated carbocycles. The molecule has 0 bridgehead atoms. The summed E-state index contributed by atoms with van der Waals surface area (Å²) >= 11 is 0. The van der Waals surface area contributed by atoms with Gasteiger partial charge in [0.2, 0.25) is 5.91 Å². The summed E-state index contributed by atoms with van der Waals surface area (Å²) in [5, 5.41) is 12.1. The van der Waals surface area contributed by atoms with Gasteiger partial charge < -0.3 is 10.4 Å². The molecule has 1 aliphatic carbocycles. The van der Waals surface area contributed by atoms with Crippen molar-refractivity contribution in [1.82, 2.24) is 5.32 Å². The number of carbonyl (C=O) groups is 2. The predicted molar refractivity (Wildman–Crippen MR) is 123 cm³/mol. The van der Waals surface area contributed by atoms with E-state index in [2.05, 4.69) is 50.0 Å². The van der Waals surface area contributed by atoms with Gasteiger partial charge in [-0.1, -0.05) is 63.5 Å². The first kappa shape index (κ1) is 24.2. The van der Waals surface area contributed by atoms with E-state index in [0.717, 1.165) is 32.1 Å². The molecule has 30 heavy (non-hydrogen) atoms. The molecular formula is C26H39NO3. The molecule has 0 spiro atoms. The summed E-state index contributed by atoms with van der Waals surface area (Å²) in [4.78, 5) is 23.3. The molecule has 0 aliphatic heterocycles. The van der Waals surface area contributed by atoms with E-state index in [1.807, 2.05) is 6.08 Å². The molecule has 1 fully saturated rings. The highest BCUT2D eigenvalue weighted by Crippen LogP contribution is 2.36. The van der Waals surface area contributed by atoms with Crippen LogP contribution in [0.4, 0.5) is 0 Å². The van der Waals surface area contributed by atoms with Gasteiger partial charge in [0, 0.05) is 12.5 Å². The summed E-state index contributed by atoms with van der Waals surface area (Å²) in [6, 6.07) is 8.80. The average Bonchev–Trinajstić information content (AvgIpc) is 2.76. The van der Waals surface area contributed by atoms with Gasteiger partial charge in [-0.2, -0.15) is 0 Å². The number of hydrogen-bond acceptors (Lipinski definition) is 2. The number of amides is 1. The van der Waals surface area contributed by atoms with E-state index >= 15 is 0 Å². The number of hydrogen-bond donors (Lipinski definition) is 2. The number of rotatable bonds is 12. The zero-order valence-corrected chi connectivity index (χ0v) is 18.7. The van der Waals surface area contributed by atoms with Crippen molar-refractivity contribution in [2.45, 2.75) is 95.9 Å². The van der Waals surface area contributed by atoms with E-state index in [1.54, 1.807) is 0 Å². The monoisotopic (exact) mass is 413 g/mol. The highest BCUT2D eigenvalue weighted by Gasteiger charge is 2.28. The molecule has 0 aromatic heterocycles. The minimum Gasteiger partial charge on any atom is -0.481 e. The molecule has 0 radical (unpaired) electrons. The van der Waals surface area contributed by atoms with Crippen LogP contribution in [0.1, 0.15) is 101 Å². The number of carboxylic acids is 1. The maximum atomic E-state index is 12.4. The second-order valence-electron chi connectivity index (χ2n) is 8.86. The molecule has 3 atom stereocenters. The van der Waals surface area contributed by atoms with Crippen LogP contribution in [0, 0.1) is 5.92 Å². The van der Waals surface area contributed by atoms with Crippen molar-refractivity contribution in [3.05, 3.63) is 48.0 Å². The lowest BCUT2D eigenvalue weighted by Crippen LogP contribution is -2.42. The Labute approximate surface area is 182 Å². The van der Waals surface area contributed by atoms with Crippen LogP contribution in [0.25, 0.3) is 0 Å². The summed E-state index contributed by atoms with van der Waals surface area (Å²) in [6.07, 6.45) is 10.9. The largest absolute Gasteiger partial charge is 0.481 e. The molecule has 4 heteroatoms. The van der Waals surface area contributed by atoms with Crippen molar-refractivity contribution in [2.75, 3.05) is 0 Å². The molecule has 1 aromatic rings. The summed E-state index contributed by atoms with van der Waals surface area (Å²) in [7, 11) is 0. The van der Waals surface area contributed by atoms with E-state index < -0.39 is 5.97 Å². The molecule has 3 unspecified atom stereocenters. The second-order valence-corrected chi connectivity index (χ2v) is 8.86. The van der Waals surface area contributed by atoms with Gasteiger partial charge in [0.15, 0.2) is 0 Å². The van der Waals surface area contributed by atoms with E-state index in [0.29, 0.717) is 17.8 Å². The maximum absolute atomic E-state index is 12.4.